The topological polar surface area (TPSA) is 61.3 Å². The van der Waals surface area contributed by atoms with E-state index >= 15 is 0 Å². The predicted molar refractivity (Wildman–Crippen MR) is 45.0 cm³/mol. The first-order valence-electron chi connectivity index (χ1n) is 4.06. The molecule has 0 atom stereocenters. The third kappa shape index (κ3) is 2.54. The smallest absolute Gasteiger partial charge is 0.254 e. The van der Waals surface area contributed by atoms with Gasteiger partial charge in [-0.3, -0.25) is 0 Å². The number of methoxy groups -OCH3 is 1. The van der Waals surface area contributed by atoms with Crippen molar-refractivity contribution < 1.29 is 9.26 Å². The summed E-state index contributed by atoms with van der Waals surface area (Å²) in [5.41, 5.74) is 5.35. The molecule has 0 bridgehead atoms. The van der Waals surface area contributed by atoms with E-state index in [4.69, 9.17) is 15.0 Å². The van der Waals surface area contributed by atoms with Gasteiger partial charge in [-0.25, -0.2) is 0 Å². The van der Waals surface area contributed by atoms with Gasteiger partial charge >= 0.3 is 0 Å². The second-order valence-corrected chi connectivity index (χ2v) is 2.58. The number of ether oxygens (including phenoxy) is 1. The van der Waals surface area contributed by atoms with Crippen LogP contribution in [0.25, 0.3) is 0 Å². The lowest BCUT2D eigenvalue weighted by Gasteiger charge is -1.92. The normalized spacial score (nSPS) is 10.2. The summed E-state index contributed by atoms with van der Waals surface area (Å²) in [7, 11) is 1.57. The van der Waals surface area contributed by atoms with E-state index in [2.05, 4.69) is 5.16 Å². The molecule has 0 saturated heterocycles. The Morgan fingerprint density at radius 3 is 3.00 bits per heavy atom. The van der Waals surface area contributed by atoms with E-state index in [-0.39, 0.29) is 0 Å². The average molecular weight is 170 g/mol. The summed E-state index contributed by atoms with van der Waals surface area (Å²) in [6, 6.07) is 1.80. The molecule has 0 amide bonds. The molecule has 0 fully saturated rings. The second kappa shape index (κ2) is 4.77. The molecule has 2 N–H and O–H groups in total. The third-order valence-electron chi connectivity index (χ3n) is 1.62. The molecule has 0 aliphatic heterocycles. The predicted octanol–water partition coefficient (Wildman–Crippen LogP) is 0.965. The molecular formula is C8H14N2O2. The third-order valence-corrected chi connectivity index (χ3v) is 1.62. The molecule has 0 saturated carbocycles. The SMILES string of the molecule is COc1cc(CCCCN)on1. The van der Waals surface area contributed by atoms with Crippen molar-refractivity contribution in [2.24, 2.45) is 5.73 Å². The maximum absolute atomic E-state index is 5.35. The Kier molecular flexibility index (Phi) is 3.60. The number of nitrogens with two attached hydrogens (primary N) is 1. The van der Waals surface area contributed by atoms with Crippen LogP contribution in [0.4, 0.5) is 0 Å². The lowest BCUT2D eigenvalue weighted by Crippen LogP contribution is -1.98. The van der Waals surface area contributed by atoms with Crippen LogP contribution in [0.1, 0.15) is 18.6 Å². The Labute approximate surface area is 71.7 Å². The lowest BCUT2D eigenvalue weighted by atomic mass is 10.2. The second-order valence-electron chi connectivity index (χ2n) is 2.58. The van der Waals surface area contributed by atoms with Crippen molar-refractivity contribution in [1.29, 1.82) is 0 Å². The van der Waals surface area contributed by atoms with Crippen molar-refractivity contribution in [2.45, 2.75) is 19.3 Å². The highest BCUT2D eigenvalue weighted by atomic mass is 16.5. The van der Waals surface area contributed by atoms with Crippen molar-refractivity contribution in [2.75, 3.05) is 13.7 Å². The van der Waals surface area contributed by atoms with E-state index < -0.39 is 0 Å². The van der Waals surface area contributed by atoms with E-state index in [9.17, 15) is 0 Å². The van der Waals surface area contributed by atoms with Crippen LogP contribution in [-0.2, 0) is 6.42 Å². The van der Waals surface area contributed by atoms with Gasteiger partial charge in [0.15, 0.2) is 0 Å². The number of hydrogen-bond acceptors (Lipinski definition) is 4. The largest absolute Gasteiger partial charge is 0.479 e. The minimum Gasteiger partial charge on any atom is -0.479 e. The van der Waals surface area contributed by atoms with E-state index in [1.54, 1.807) is 13.2 Å². The summed E-state index contributed by atoms with van der Waals surface area (Å²) in [6.45, 7) is 0.727. The lowest BCUT2D eigenvalue weighted by molar-refractivity contribution is 0.325. The molecule has 4 nitrogen and oxygen atoms in total. The van der Waals surface area contributed by atoms with E-state index in [0.717, 1.165) is 31.6 Å². The standard InChI is InChI=1S/C8H14N2O2/c1-11-8-6-7(12-10-8)4-2-3-5-9/h6H,2-5,9H2,1H3. The number of aromatic nitrogens is 1. The Bertz CT molecular complexity index is 223. The maximum atomic E-state index is 5.35. The zero-order chi connectivity index (χ0) is 8.81. The van der Waals surface area contributed by atoms with Gasteiger partial charge in [0, 0.05) is 12.5 Å². The van der Waals surface area contributed by atoms with Crippen molar-refractivity contribution in [3.05, 3.63) is 11.8 Å². The molecule has 0 unspecified atom stereocenters. The van der Waals surface area contributed by atoms with Crippen molar-refractivity contribution >= 4 is 0 Å². The summed E-state index contributed by atoms with van der Waals surface area (Å²) in [5.74, 6) is 1.40. The Balaban J connectivity index is 2.31. The van der Waals surface area contributed by atoms with Gasteiger partial charge in [0.2, 0.25) is 0 Å². The first-order chi connectivity index (χ1) is 5.86. The monoisotopic (exact) mass is 170 g/mol. The molecule has 0 spiro atoms. The van der Waals surface area contributed by atoms with Crippen LogP contribution in [-0.4, -0.2) is 18.8 Å². The summed E-state index contributed by atoms with van der Waals surface area (Å²) in [5, 5.41) is 3.68. The van der Waals surface area contributed by atoms with Gasteiger partial charge in [0.05, 0.1) is 7.11 Å². The van der Waals surface area contributed by atoms with Crippen LogP contribution >= 0.6 is 0 Å². The Hall–Kier alpha value is -1.03. The average Bonchev–Trinajstić information content (AvgIpc) is 2.53. The highest BCUT2D eigenvalue weighted by molar-refractivity contribution is 5.10. The van der Waals surface area contributed by atoms with Crippen LogP contribution in [0.5, 0.6) is 5.88 Å². The Morgan fingerprint density at radius 2 is 2.42 bits per heavy atom. The Morgan fingerprint density at radius 1 is 1.58 bits per heavy atom. The number of hydrogen-bond donors (Lipinski definition) is 1. The molecule has 0 aromatic carbocycles. The fraction of sp³-hybridized carbons (Fsp3) is 0.625. The van der Waals surface area contributed by atoms with E-state index in [1.165, 1.54) is 0 Å². The summed E-state index contributed by atoms with van der Waals surface area (Å²) >= 11 is 0. The molecule has 0 radical (unpaired) electrons. The first kappa shape index (κ1) is 9.06. The summed E-state index contributed by atoms with van der Waals surface area (Å²) in [6.07, 6.45) is 2.94. The summed E-state index contributed by atoms with van der Waals surface area (Å²) < 4.78 is 9.86. The fourth-order valence-corrected chi connectivity index (χ4v) is 0.952. The van der Waals surface area contributed by atoms with Crippen molar-refractivity contribution in [3.8, 4) is 5.88 Å². The van der Waals surface area contributed by atoms with Gasteiger partial charge in [-0.05, 0) is 24.5 Å². The zero-order valence-corrected chi connectivity index (χ0v) is 7.25. The fourth-order valence-electron chi connectivity index (χ4n) is 0.952. The number of unbranched alkanes of at least 4 members (excludes halogenated alkanes) is 1. The number of nitrogens with zero attached hydrogens (tertiary/aromatic N) is 1. The van der Waals surface area contributed by atoms with E-state index in [0.29, 0.717) is 5.88 Å². The van der Waals surface area contributed by atoms with Crippen LogP contribution < -0.4 is 10.5 Å². The molecule has 12 heavy (non-hydrogen) atoms. The van der Waals surface area contributed by atoms with Gasteiger partial charge in [0.25, 0.3) is 5.88 Å². The number of aryl methyl sites for hydroxylation is 1. The molecule has 68 valence electrons. The number of rotatable bonds is 5. The highest BCUT2D eigenvalue weighted by Gasteiger charge is 2.02. The molecule has 4 heteroatoms. The highest BCUT2D eigenvalue weighted by Crippen LogP contribution is 2.12. The molecule has 1 aromatic heterocycles. The molecule has 1 heterocycles. The van der Waals surface area contributed by atoms with E-state index in [1.807, 2.05) is 0 Å². The van der Waals surface area contributed by atoms with Crippen molar-refractivity contribution in [3.63, 3.8) is 0 Å². The van der Waals surface area contributed by atoms with Crippen molar-refractivity contribution in [1.82, 2.24) is 5.16 Å². The van der Waals surface area contributed by atoms with Gasteiger partial charge in [-0.1, -0.05) is 0 Å². The minimum absolute atomic E-state index is 0.540. The minimum atomic E-state index is 0.540. The van der Waals surface area contributed by atoms with Gasteiger partial charge in [-0.2, -0.15) is 0 Å². The van der Waals surface area contributed by atoms with Gasteiger partial charge < -0.3 is 15.0 Å². The van der Waals surface area contributed by atoms with Crippen LogP contribution in [0.2, 0.25) is 0 Å². The molecule has 0 aliphatic rings. The molecule has 1 rings (SSSR count). The first-order valence-corrected chi connectivity index (χ1v) is 4.06. The zero-order valence-electron chi connectivity index (χ0n) is 7.25. The molecule has 0 aliphatic carbocycles. The van der Waals surface area contributed by atoms with Crippen LogP contribution in [0.15, 0.2) is 10.6 Å². The summed E-state index contributed by atoms with van der Waals surface area (Å²) in [4.78, 5) is 0. The van der Waals surface area contributed by atoms with Gasteiger partial charge in [0.1, 0.15) is 5.76 Å². The van der Waals surface area contributed by atoms with Crippen LogP contribution in [0, 0.1) is 0 Å². The molecular weight excluding hydrogens is 156 g/mol. The quantitative estimate of drug-likeness (QED) is 0.669. The maximum Gasteiger partial charge on any atom is 0.254 e. The molecule has 1 aromatic rings. The van der Waals surface area contributed by atoms with Crippen LogP contribution in [0.3, 0.4) is 0 Å². The van der Waals surface area contributed by atoms with Gasteiger partial charge in [-0.15, -0.1) is 0 Å².